The van der Waals surface area contributed by atoms with Crippen LogP contribution in [0.2, 0.25) is 0 Å². The van der Waals surface area contributed by atoms with Gasteiger partial charge in [0.25, 0.3) is 5.95 Å². The minimum absolute atomic E-state index is 0.00468. The van der Waals surface area contributed by atoms with E-state index in [1.807, 2.05) is 87.6 Å². The van der Waals surface area contributed by atoms with E-state index >= 15 is 0 Å². The molecule has 8 heteroatoms. The highest BCUT2D eigenvalue weighted by molar-refractivity contribution is 6.09. The first-order valence-corrected chi connectivity index (χ1v) is 11.1. The van der Waals surface area contributed by atoms with Gasteiger partial charge in [-0.05, 0) is 11.6 Å². The summed E-state index contributed by atoms with van der Waals surface area (Å²) in [5, 5.41) is 4.63. The molecule has 2 aromatic carbocycles. The van der Waals surface area contributed by atoms with Crippen LogP contribution in [0.1, 0.15) is 40.2 Å². The number of guanidine groups is 1. The molecule has 1 unspecified atom stereocenters. The van der Waals surface area contributed by atoms with Crippen LogP contribution in [0.5, 0.6) is 0 Å². The van der Waals surface area contributed by atoms with Crippen molar-refractivity contribution in [3.63, 3.8) is 0 Å². The molecule has 0 radical (unpaired) electrons. The quantitative estimate of drug-likeness (QED) is 0.341. The van der Waals surface area contributed by atoms with Gasteiger partial charge in [-0.1, -0.05) is 55.5 Å². The first kappa shape index (κ1) is 22.7. The van der Waals surface area contributed by atoms with Crippen LogP contribution in [0.15, 0.2) is 59.6 Å². The van der Waals surface area contributed by atoms with Crippen molar-refractivity contribution in [3.05, 3.63) is 77.1 Å². The summed E-state index contributed by atoms with van der Waals surface area (Å²) < 4.78 is 7.17. The Labute approximate surface area is 194 Å². The second-order valence-corrected chi connectivity index (χ2v) is 8.34. The summed E-state index contributed by atoms with van der Waals surface area (Å²) in [5.74, 6) is 1.97. The molecule has 1 aliphatic rings. The minimum Gasteiger partial charge on any atom is -0.378 e. The zero-order valence-corrected chi connectivity index (χ0v) is 19.6. The van der Waals surface area contributed by atoms with Gasteiger partial charge in [-0.25, -0.2) is 4.68 Å². The Morgan fingerprint density at radius 2 is 1.76 bits per heavy atom. The highest BCUT2D eigenvalue weighted by Gasteiger charge is 2.21. The summed E-state index contributed by atoms with van der Waals surface area (Å²) in [4.78, 5) is 26.6. The van der Waals surface area contributed by atoms with Gasteiger partial charge in [0.2, 0.25) is 5.96 Å². The number of rotatable bonds is 5. The standard InChI is InChI=1S/C25H30N6O2/c1-18(20-11-8-12-21(17-20)22(32)19-9-6-5-7-10-19)23-26-24(30(4)28-23)27-25(29(2)3)31-13-15-33-16-14-31/h5-12,17-18H,13-16H2,1-4H3. The molecule has 172 valence electrons. The molecule has 1 aromatic heterocycles. The fraction of sp³-hybridized carbons (Fsp3) is 0.360. The van der Waals surface area contributed by atoms with Gasteiger partial charge in [-0.2, -0.15) is 15.1 Å². The lowest BCUT2D eigenvalue weighted by molar-refractivity contribution is 0.0638. The molecular formula is C25H30N6O2. The molecule has 3 aromatic rings. The smallest absolute Gasteiger partial charge is 0.251 e. The average molecular weight is 447 g/mol. The zero-order valence-electron chi connectivity index (χ0n) is 19.6. The summed E-state index contributed by atoms with van der Waals surface area (Å²) in [6, 6.07) is 17.0. The Bertz CT molecular complexity index is 1130. The van der Waals surface area contributed by atoms with Crippen LogP contribution in [0.25, 0.3) is 0 Å². The van der Waals surface area contributed by atoms with Crippen molar-refractivity contribution < 1.29 is 9.53 Å². The SMILES string of the molecule is CC(c1cccc(C(=O)c2ccccc2)c1)c1nc(N=C(N(C)C)N2CCOCC2)n(C)n1. The third kappa shape index (κ3) is 5.12. The molecule has 8 nitrogen and oxygen atoms in total. The van der Waals surface area contributed by atoms with Gasteiger partial charge in [-0.3, -0.25) is 4.79 Å². The minimum atomic E-state index is -0.0881. The highest BCUT2D eigenvalue weighted by Crippen LogP contribution is 2.25. The molecule has 1 saturated heterocycles. The van der Waals surface area contributed by atoms with Gasteiger partial charge in [0, 0.05) is 51.3 Å². The number of ether oxygens (including phenoxy) is 1. The molecule has 33 heavy (non-hydrogen) atoms. The van der Waals surface area contributed by atoms with Gasteiger partial charge < -0.3 is 14.5 Å². The maximum Gasteiger partial charge on any atom is 0.251 e. The molecule has 0 amide bonds. The van der Waals surface area contributed by atoms with Gasteiger partial charge in [0.05, 0.1) is 13.2 Å². The molecule has 0 aliphatic carbocycles. The van der Waals surface area contributed by atoms with E-state index in [0.717, 1.165) is 24.6 Å². The number of morpholine rings is 1. The van der Waals surface area contributed by atoms with Crippen molar-refractivity contribution in [2.45, 2.75) is 12.8 Å². The Hall–Kier alpha value is -3.52. The van der Waals surface area contributed by atoms with Crippen molar-refractivity contribution in [1.82, 2.24) is 24.6 Å². The van der Waals surface area contributed by atoms with Crippen molar-refractivity contribution in [2.75, 3.05) is 40.4 Å². The molecule has 2 heterocycles. The van der Waals surface area contributed by atoms with E-state index in [-0.39, 0.29) is 11.7 Å². The molecule has 0 N–H and O–H groups in total. The lowest BCUT2D eigenvalue weighted by Crippen LogP contribution is -2.46. The van der Waals surface area contributed by atoms with Gasteiger partial charge >= 0.3 is 0 Å². The van der Waals surface area contributed by atoms with Crippen molar-refractivity contribution in [1.29, 1.82) is 0 Å². The normalized spacial score (nSPS) is 15.4. The zero-order chi connectivity index (χ0) is 23.4. The number of carbonyl (C=O) groups excluding carboxylic acids is 1. The Morgan fingerprint density at radius 1 is 1.06 bits per heavy atom. The molecule has 0 spiro atoms. The number of benzene rings is 2. The molecule has 4 rings (SSSR count). The summed E-state index contributed by atoms with van der Waals surface area (Å²) >= 11 is 0. The van der Waals surface area contributed by atoms with E-state index in [9.17, 15) is 4.79 Å². The Balaban J connectivity index is 1.59. The van der Waals surface area contributed by atoms with Crippen LogP contribution in [0.4, 0.5) is 5.95 Å². The lowest BCUT2D eigenvalue weighted by Gasteiger charge is -2.32. The molecule has 1 aliphatic heterocycles. The Morgan fingerprint density at radius 3 is 2.45 bits per heavy atom. The topological polar surface area (TPSA) is 75.8 Å². The molecule has 1 atom stereocenters. The van der Waals surface area contributed by atoms with Gasteiger partial charge in [0.1, 0.15) is 0 Å². The van der Waals surface area contributed by atoms with Crippen LogP contribution in [0, 0.1) is 0 Å². The number of hydrogen-bond acceptors (Lipinski definition) is 5. The third-order valence-electron chi connectivity index (χ3n) is 5.72. The summed E-state index contributed by atoms with van der Waals surface area (Å²) in [6.45, 7) is 5.00. The fourth-order valence-electron chi connectivity index (χ4n) is 3.84. The average Bonchev–Trinajstić information content (AvgIpc) is 3.22. The summed E-state index contributed by atoms with van der Waals surface area (Å²) in [5.41, 5.74) is 2.31. The van der Waals surface area contributed by atoms with E-state index in [2.05, 4.69) is 10.00 Å². The number of aryl methyl sites for hydroxylation is 1. The number of ketones is 1. The van der Waals surface area contributed by atoms with Crippen molar-refractivity contribution in [2.24, 2.45) is 12.0 Å². The van der Waals surface area contributed by atoms with Crippen LogP contribution >= 0.6 is 0 Å². The number of aromatic nitrogens is 3. The molecule has 0 bridgehead atoms. The number of aliphatic imine (C=N–C) groups is 1. The largest absolute Gasteiger partial charge is 0.378 e. The predicted molar refractivity (Wildman–Crippen MR) is 128 cm³/mol. The summed E-state index contributed by atoms with van der Waals surface area (Å²) in [7, 11) is 5.80. The fourth-order valence-corrected chi connectivity index (χ4v) is 3.84. The van der Waals surface area contributed by atoms with Crippen LogP contribution in [-0.4, -0.2) is 76.7 Å². The van der Waals surface area contributed by atoms with Crippen LogP contribution in [-0.2, 0) is 11.8 Å². The maximum absolute atomic E-state index is 12.9. The van der Waals surface area contributed by atoms with Crippen molar-refractivity contribution in [3.8, 4) is 0 Å². The van der Waals surface area contributed by atoms with E-state index in [1.165, 1.54) is 0 Å². The first-order chi connectivity index (χ1) is 15.9. The number of carbonyl (C=O) groups is 1. The van der Waals surface area contributed by atoms with E-state index < -0.39 is 0 Å². The first-order valence-electron chi connectivity index (χ1n) is 11.1. The van der Waals surface area contributed by atoms with E-state index in [0.29, 0.717) is 36.1 Å². The lowest BCUT2D eigenvalue weighted by atomic mass is 9.95. The number of nitrogens with zero attached hydrogens (tertiary/aromatic N) is 6. The monoisotopic (exact) mass is 446 g/mol. The van der Waals surface area contributed by atoms with Gasteiger partial charge in [-0.15, -0.1) is 0 Å². The maximum atomic E-state index is 12.9. The molecule has 0 saturated carbocycles. The van der Waals surface area contributed by atoms with Crippen LogP contribution in [0.3, 0.4) is 0 Å². The second kappa shape index (κ2) is 9.95. The molecule has 1 fully saturated rings. The molecular weight excluding hydrogens is 416 g/mol. The highest BCUT2D eigenvalue weighted by atomic mass is 16.5. The van der Waals surface area contributed by atoms with Crippen LogP contribution < -0.4 is 0 Å². The summed E-state index contributed by atoms with van der Waals surface area (Å²) in [6.07, 6.45) is 0. The van der Waals surface area contributed by atoms with Crippen molar-refractivity contribution >= 4 is 17.7 Å². The van der Waals surface area contributed by atoms with E-state index in [4.69, 9.17) is 14.7 Å². The third-order valence-corrected chi connectivity index (χ3v) is 5.72. The number of hydrogen-bond donors (Lipinski definition) is 0. The van der Waals surface area contributed by atoms with E-state index in [1.54, 1.807) is 4.68 Å². The Kier molecular flexibility index (Phi) is 6.84. The van der Waals surface area contributed by atoms with Gasteiger partial charge in [0.15, 0.2) is 11.6 Å². The second-order valence-electron chi connectivity index (χ2n) is 8.34. The predicted octanol–water partition coefficient (Wildman–Crippen LogP) is 3.08.